The van der Waals surface area contributed by atoms with Gasteiger partial charge in [-0.3, -0.25) is 19.6 Å². The number of aryl methyl sites for hydroxylation is 2. The van der Waals surface area contributed by atoms with Crippen LogP contribution in [0, 0.1) is 5.92 Å². The molecule has 0 radical (unpaired) electrons. The minimum atomic E-state index is -0.803. The van der Waals surface area contributed by atoms with Crippen LogP contribution in [-0.2, 0) is 23.1 Å². The maximum Gasteiger partial charge on any atom is 0.335 e. The Morgan fingerprint density at radius 2 is 2.00 bits per heavy atom. The van der Waals surface area contributed by atoms with E-state index in [9.17, 15) is 14.4 Å². The molecule has 0 saturated carbocycles. The second-order valence-corrected chi connectivity index (χ2v) is 4.80. The van der Waals surface area contributed by atoms with Gasteiger partial charge in [0, 0.05) is 13.2 Å². The minimum Gasteiger partial charge on any atom is -0.277 e. The number of carbonyl (C=O) groups is 3. The Morgan fingerprint density at radius 1 is 1.30 bits per heavy atom. The number of imide groups is 2. The molecule has 1 aliphatic heterocycles. The molecule has 20 heavy (non-hydrogen) atoms. The van der Waals surface area contributed by atoms with Crippen molar-refractivity contribution in [3.05, 3.63) is 11.9 Å². The van der Waals surface area contributed by atoms with E-state index in [1.54, 1.807) is 17.9 Å². The van der Waals surface area contributed by atoms with Crippen LogP contribution in [-0.4, -0.2) is 27.6 Å². The predicted molar refractivity (Wildman–Crippen MR) is 72.0 cm³/mol. The third kappa shape index (κ3) is 2.31. The van der Waals surface area contributed by atoms with Crippen LogP contribution in [0.2, 0.25) is 0 Å². The van der Waals surface area contributed by atoms with E-state index in [1.807, 2.05) is 13.8 Å². The van der Waals surface area contributed by atoms with Crippen molar-refractivity contribution < 1.29 is 14.4 Å². The Balaban J connectivity index is 2.40. The summed E-state index contributed by atoms with van der Waals surface area (Å²) in [6.07, 6.45) is 3.34. The standard InChI is InChI=1S/C13H18N4O3/c1-4-6-8-11(18)14-13(20)17(12(8)19)10-7-16(3)15-9(10)5-2/h7-8H,4-6H2,1-3H3,(H,14,18,20). The third-order valence-corrected chi connectivity index (χ3v) is 3.30. The normalized spacial score (nSPS) is 19.4. The molecule has 1 saturated heterocycles. The Hall–Kier alpha value is -2.18. The summed E-state index contributed by atoms with van der Waals surface area (Å²) >= 11 is 0. The first-order chi connectivity index (χ1) is 9.49. The lowest BCUT2D eigenvalue weighted by Gasteiger charge is -2.29. The molecule has 7 heteroatoms. The molecule has 1 aliphatic rings. The quantitative estimate of drug-likeness (QED) is 0.832. The number of barbiturate groups is 1. The maximum absolute atomic E-state index is 12.4. The Kier molecular flexibility index (Phi) is 3.87. The van der Waals surface area contributed by atoms with Crippen LogP contribution >= 0.6 is 0 Å². The van der Waals surface area contributed by atoms with Crippen molar-refractivity contribution in [3.63, 3.8) is 0 Å². The van der Waals surface area contributed by atoms with E-state index in [4.69, 9.17) is 0 Å². The fourth-order valence-corrected chi connectivity index (χ4v) is 2.35. The number of anilines is 1. The van der Waals surface area contributed by atoms with Crippen molar-refractivity contribution in [1.82, 2.24) is 15.1 Å². The highest BCUT2D eigenvalue weighted by molar-refractivity contribution is 6.27. The first-order valence-electron chi connectivity index (χ1n) is 6.70. The molecule has 1 N–H and O–H groups in total. The van der Waals surface area contributed by atoms with E-state index >= 15 is 0 Å². The van der Waals surface area contributed by atoms with Crippen LogP contribution in [0.25, 0.3) is 0 Å². The molecule has 0 bridgehead atoms. The van der Waals surface area contributed by atoms with Gasteiger partial charge in [0.05, 0.1) is 11.4 Å². The van der Waals surface area contributed by atoms with Crippen LogP contribution < -0.4 is 10.2 Å². The van der Waals surface area contributed by atoms with Crippen LogP contribution in [0.4, 0.5) is 10.5 Å². The van der Waals surface area contributed by atoms with E-state index in [0.717, 1.165) is 4.90 Å². The number of rotatable bonds is 4. The smallest absolute Gasteiger partial charge is 0.277 e. The molecule has 2 rings (SSSR count). The summed E-state index contributed by atoms with van der Waals surface area (Å²) in [5.41, 5.74) is 1.10. The van der Waals surface area contributed by atoms with Crippen molar-refractivity contribution >= 4 is 23.5 Å². The summed E-state index contributed by atoms with van der Waals surface area (Å²) in [5, 5.41) is 6.47. The molecule has 1 unspecified atom stereocenters. The van der Waals surface area contributed by atoms with Gasteiger partial charge in [-0.2, -0.15) is 5.10 Å². The van der Waals surface area contributed by atoms with Gasteiger partial charge in [-0.1, -0.05) is 20.3 Å². The van der Waals surface area contributed by atoms with E-state index < -0.39 is 23.8 Å². The van der Waals surface area contributed by atoms with Gasteiger partial charge in [0.25, 0.3) is 0 Å². The first-order valence-corrected chi connectivity index (χ1v) is 6.70. The fraction of sp³-hybridized carbons (Fsp3) is 0.538. The number of hydrogen-bond donors (Lipinski definition) is 1. The molecule has 1 atom stereocenters. The van der Waals surface area contributed by atoms with Gasteiger partial charge in [0.15, 0.2) is 0 Å². The largest absolute Gasteiger partial charge is 0.335 e. The number of carbonyl (C=O) groups excluding carboxylic acids is 3. The van der Waals surface area contributed by atoms with Crippen molar-refractivity contribution in [2.24, 2.45) is 13.0 Å². The van der Waals surface area contributed by atoms with Gasteiger partial charge in [0.2, 0.25) is 11.8 Å². The lowest BCUT2D eigenvalue weighted by molar-refractivity contribution is -0.134. The Bertz CT molecular complexity index is 564. The maximum atomic E-state index is 12.4. The van der Waals surface area contributed by atoms with E-state index in [1.165, 1.54) is 0 Å². The second-order valence-electron chi connectivity index (χ2n) is 4.80. The van der Waals surface area contributed by atoms with Crippen molar-refractivity contribution in [2.45, 2.75) is 33.1 Å². The van der Waals surface area contributed by atoms with Crippen LogP contribution in [0.15, 0.2) is 6.20 Å². The van der Waals surface area contributed by atoms with E-state index in [-0.39, 0.29) is 0 Å². The molecular formula is C13H18N4O3. The summed E-state index contributed by atoms with van der Waals surface area (Å²) in [6, 6.07) is -0.699. The number of amides is 4. The second kappa shape index (κ2) is 5.44. The first kappa shape index (κ1) is 14.2. The van der Waals surface area contributed by atoms with Gasteiger partial charge in [0.1, 0.15) is 5.92 Å². The van der Waals surface area contributed by atoms with E-state index in [0.29, 0.717) is 30.6 Å². The topological polar surface area (TPSA) is 84.3 Å². The van der Waals surface area contributed by atoms with Crippen molar-refractivity contribution in [2.75, 3.05) is 4.90 Å². The highest BCUT2D eigenvalue weighted by Crippen LogP contribution is 2.25. The number of urea groups is 1. The molecule has 2 heterocycles. The molecule has 1 fully saturated rings. The van der Waals surface area contributed by atoms with E-state index in [2.05, 4.69) is 10.4 Å². The third-order valence-electron chi connectivity index (χ3n) is 3.30. The molecule has 0 aromatic carbocycles. The molecule has 0 aliphatic carbocycles. The molecule has 1 aromatic rings. The molecule has 4 amide bonds. The SMILES string of the molecule is CCCC1C(=O)NC(=O)N(c2cn(C)nc2CC)C1=O. The Morgan fingerprint density at radius 3 is 2.60 bits per heavy atom. The van der Waals surface area contributed by atoms with Crippen LogP contribution in [0.3, 0.4) is 0 Å². The van der Waals surface area contributed by atoms with Crippen molar-refractivity contribution in [1.29, 1.82) is 0 Å². The zero-order valence-corrected chi connectivity index (χ0v) is 11.8. The summed E-state index contributed by atoms with van der Waals surface area (Å²) < 4.78 is 1.56. The van der Waals surface area contributed by atoms with Gasteiger partial charge in [-0.05, 0) is 12.8 Å². The molecular weight excluding hydrogens is 260 g/mol. The summed E-state index contributed by atoms with van der Waals surface area (Å²) in [6.45, 7) is 3.79. The summed E-state index contributed by atoms with van der Waals surface area (Å²) in [4.78, 5) is 37.2. The number of nitrogens with zero attached hydrogens (tertiary/aromatic N) is 3. The lowest BCUT2D eigenvalue weighted by Crippen LogP contribution is -2.58. The molecule has 1 aromatic heterocycles. The lowest BCUT2D eigenvalue weighted by atomic mass is 9.99. The fourth-order valence-electron chi connectivity index (χ4n) is 2.35. The van der Waals surface area contributed by atoms with Crippen LogP contribution in [0.1, 0.15) is 32.4 Å². The zero-order chi connectivity index (χ0) is 14.9. The highest BCUT2D eigenvalue weighted by atomic mass is 16.2. The average molecular weight is 278 g/mol. The highest BCUT2D eigenvalue weighted by Gasteiger charge is 2.41. The summed E-state index contributed by atoms with van der Waals surface area (Å²) in [7, 11) is 1.73. The number of aromatic nitrogens is 2. The van der Waals surface area contributed by atoms with Crippen molar-refractivity contribution in [3.8, 4) is 0 Å². The van der Waals surface area contributed by atoms with Gasteiger partial charge >= 0.3 is 6.03 Å². The van der Waals surface area contributed by atoms with Gasteiger partial charge in [-0.25, -0.2) is 9.69 Å². The van der Waals surface area contributed by atoms with Crippen LogP contribution in [0.5, 0.6) is 0 Å². The monoisotopic (exact) mass is 278 g/mol. The molecule has 7 nitrogen and oxygen atoms in total. The predicted octanol–water partition coefficient (Wildman–Crippen LogP) is 0.982. The Labute approximate surface area is 116 Å². The average Bonchev–Trinajstić information content (AvgIpc) is 2.75. The minimum absolute atomic E-state index is 0.427. The van der Waals surface area contributed by atoms with Gasteiger partial charge in [-0.15, -0.1) is 0 Å². The number of nitrogens with one attached hydrogen (secondary N) is 1. The van der Waals surface area contributed by atoms with Gasteiger partial charge < -0.3 is 0 Å². The molecule has 0 spiro atoms. The molecule has 108 valence electrons. The summed E-state index contributed by atoms with van der Waals surface area (Å²) in [5.74, 6) is -1.79. The number of hydrogen-bond acceptors (Lipinski definition) is 4. The zero-order valence-electron chi connectivity index (χ0n) is 11.8.